The average Bonchev–Trinajstić information content (AvgIpc) is 2.50. The third-order valence-corrected chi connectivity index (χ3v) is 2.78. The Morgan fingerprint density at radius 1 is 1.29 bits per heavy atom. The lowest BCUT2D eigenvalue weighted by atomic mass is 10.1. The molecule has 0 saturated heterocycles. The number of hydrogen-bond donors (Lipinski definition) is 2. The molecule has 5 nitrogen and oxygen atoms in total. The molecule has 0 bridgehead atoms. The van der Waals surface area contributed by atoms with Crippen molar-refractivity contribution < 1.29 is 14.2 Å². The minimum atomic E-state index is -0.614. The largest absolute Gasteiger partial charge is 0.436 e. The normalized spacial score (nSPS) is 10.4. The van der Waals surface area contributed by atoms with Crippen LogP contribution in [0, 0.1) is 5.82 Å². The van der Waals surface area contributed by atoms with Crippen LogP contribution in [0.4, 0.5) is 10.3 Å². The van der Waals surface area contributed by atoms with Crippen LogP contribution in [0.15, 0.2) is 30.5 Å². The van der Waals surface area contributed by atoms with Gasteiger partial charge in [-0.25, -0.2) is 4.98 Å². The molecule has 0 saturated carbocycles. The molecule has 0 unspecified atom stereocenters. The molecule has 112 valence electrons. The van der Waals surface area contributed by atoms with Gasteiger partial charge < -0.3 is 15.2 Å². The van der Waals surface area contributed by atoms with E-state index < -0.39 is 5.82 Å². The molecule has 1 aromatic heterocycles. The van der Waals surface area contributed by atoms with Gasteiger partial charge in [0.1, 0.15) is 5.75 Å². The van der Waals surface area contributed by atoms with Crippen LogP contribution in [0.5, 0.6) is 11.6 Å². The monoisotopic (exact) mass is 291 g/mol. The van der Waals surface area contributed by atoms with E-state index in [0.717, 1.165) is 18.2 Å². The highest BCUT2D eigenvalue weighted by Gasteiger charge is 2.09. The number of aliphatic hydroxyl groups excluding tert-OH is 1. The van der Waals surface area contributed by atoms with Crippen molar-refractivity contribution in [3.8, 4) is 11.6 Å². The van der Waals surface area contributed by atoms with Gasteiger partial charge in [0.15, 0.2) is 0 Å². The van der Waals surface area contributed by atoms with Crippen molar-refractivity contribution in [1.82, 2.24) is 9.97 Å². The van der Waals surface area contributed by atoms with Crippen molar-refractivity contribution in [3.63, 3.8) is 0 Å². The Balaban J connectivity index is 2.10. The first-order valence-electron chi connectivity index (χ1n) is 6.87. The second-order valence-electron chi connectivity index (χ2n) is 4.49. The van der Waals surface area contributed by atoms with Crippen LogP contribution in [-0.4, -0.2) is 28.2 Å². The quantitative estimate of drug-likeness (QED) is 0.821. The average molecular weight is 291 g/mol. The minimum absolute atomic E-state index is 0.0905. The van der Waals surface area contributed by atoms with E-state index in [1.807, 2.05) is 19.1 Å². The van der Waals surface area contributed by atoms with Crippen LogP contribution in [0.25, 0.3) is 0 Å². The highest BCUT2D eigenvalue weighted by atomic mass is 19.1. The van der Waals surface area contributed by atoms with E-state index in [-0.39, 0.29) is 12.5 Å². The van der Waals surface area contributed by atoms with Crippen LogP contribution in [0.3, 0.4) is 0 Å². The summed E-state index contributed by atoms with van der Waals surface area (Å²) in [6, 6.07) is 7.07. The summed E-state index contributed by atoms with van der Waals surface area (Å²) in [5.74, 6) is 0.0934. The topological polar surface area (TPSA) is 67.3 Å². The lowest BCUT2D eigenvalue weighted by Crippen LogP contribution is -2.05. The maximum absolute atomic E-state index is 13.7. The molecular weight excluding hydrogens is 273 g/mol. The summed E-state index contributed by atoms with van der Waals surface area (Å²) < 4.78 is 19.1. The molecular formula is C15H18FN3O2. The van der Waals surface area contributed by atoms with Gasteiger partial charge in [-0.1, -0.05) is 19.1 Å². The van der Waals surface area contributed by atoms with Crippen LogP contribution in [0.2, 0.25) is 0 Å². The van der Waals surface area contributed by atoms with Gasteiger partial charge in [-0.2, -0.15) is 9.37 Å². The number of aliphatic hydroxyl groups is 1. The number of rotatable bonds is 7. The van der Waals surface area contributed by atoms with Gasteiger partial charge in [0.05, 0.1) is 6.20 Å². The number of anilines is 1. The smallest absolute Gasteiger partial charge is 0.260 e. The van der Waals surface area contributed by atoms with Gasteiger partial charge in [0, 0.05) is 13.2 Å². The summed E-state index contributed by atoms with van der Waals surface area (Å²) in [4.78, 5) is 7.86. The van der Waals surface area contributed by atoms with Crippen molar-refractivity contribution in [2.45, 2.75) is 19.8 Å². The van der Waals surface area contributed by atoms with Gasteiger partial charge in [0.2, 0.25) is 11.8 Å². The van der Waals surface area contributed by atoms with Crippen molar-refractivity contribution in [3.05, 3.63) is 41.8 Å². The molecule has 1 heterocycles. The number of nitrogens with zero attached hydrogens (tertiary/aromatic N) is 2. The molecule has 2 N–H and O–H groups in total. The Morgan fingerprint density at radius 3 is 2.71 bits per heavy atom. The van der Waals surface area contributed by atoms with Crippen LogP contribution >= 0.6 is 0 Å². The van der Waals surface area contributed by atoms with Crippen molar-refractivity contribution >= 4 is 5.95 Å². The second-order valence-corrected chi connectivity index (χ2v) is 4.49. The first kappa shape index (κ1) is 15.2. The van der Waals surface area contributed by atoms with E-state index in [0.29, 0.717) is 24.7 Å². The molecule has 0 spiro atoms. The fourth-order valence-corrected chi connectivity index (χ4v) is 1.71. The Hall–Kier alpha value is -2.21. The molecule has 0 aliphatic rings. The molecule has 0 amide bonds. The van der Waals surface area contributed by atoms with E-state index >= 15 is 0 Å². The van der Waals surface area contributed by atoms with Gasteiger partial charge in [-0.05, 0) is 30.5 Å². The molecule has 2 rings (SSSR count). The standard InChI is InChI=1S/C15H18FN3O2/c1-2-8-17-15-18-10-13(16)14(19-15)21-12-5-3-11(4-6-12)7-9-20/h3-6,10,20H,2,7-9H2,1H3,(H,17,18,19). The Kier molecular flexibility index (Phi) is 5.45. The number of halogens is 1. The molecule has 1 aromatic carbocycles. The number of aromatic nitrogens is 2. The number of hydrogen-bond acceptors (Lipinski definition) is 5. The molecule has 0 aliphatic heterocycles. The molecule has 0 atom stereocenters. The van der Waals surface area contributed by atoms with Crippen LogP contribution in [-0.2, 0) is 6.42 Å². The second kappa shape index (κ2) is 7.54. The van der Waals surface area contributed by atoms with Crippen LogP contribution in [0.1, 0.15) is 18.9 Å². The van der Waals surface area contributed by atoms with E-state index in [1.54, 1.807) is 12.1 Å². The maximum atomic E-state index is 13.7. The first-order valence-corrected chi connectivity index (χ1v) is 6.87. The number of benzene rings is 1. The summed E-state index contributed by atoms with van der Waals surface area (Å²) in [5, 5.41) is 11.8. The highest BCUT2D eigenvalue weighted by Crippen LogP contribution is 2.23. The van der Waals surface area contributed by atoms with E-state index in [1.165, 1.54) is 0 Å². The summed E-state index contributed by atoms with van der Waals surface area (Å²) in [5.41, 5.74) is 0.985. The van der Waals surface area contributed by atoms with Crippen LogP contribution < -0.4 is 10.1 Å². The molecule has 0 radical (unpaired) electrons. The fraction of sp³-hybridized carbons (Fsp3) is 0.333. The lowest BCUT2D eigenvalue weighted by molar-refractivity contribution is 0.299. The zero-order chi connectivity index (χ0) is 15.1. The molecule has 0 aliphatic carbocycles. The number of nitrogens with one attached hydrogen (secondary N) is 1. The van der Waals surface area contributed by atoms with Crippen molar-refractivity contribution in [1.29, 1.82) is 0 Å². The lowest BCUT2D eigenvalue weighted by Gasteiger charge is -2.08. The summed E-state index contributed by atoms with van der Waals surface area (Å²) in [7, 11) is 0. The Morgan fingerprint density at radius 2 is 2.05 bits per heavy atom. The zero-order valence-corrected chi connectivity index (χ0v) is 11.8. The zero-order valence-electron chi connectivity index (χ0n) is 11.8. The Bertz CT molecular complexity index is 576. The predicted molar refractivity (Wildman–Crippen MR) is 78.1 cm³/mol. The van der Waals surface area contributed by atoms with Crippen molar-refractivity contribution in [2.24, 2.45) is 0 Å². The SMILES string of the molecule is CCCNc1ncc(F)c(Oc2ccc(CCO)cc2)n1. The summed E-state index contributed by atoms with van der Waals surface area (Å²) in [6.07, 6.45) is 2.58. The van der Waals surface area contributed by atoms with Crippen molar-refractivity contribution in [2.75, 3.05) is 18.5 Å². The van der Waals surface area contributed by atoms with E-state index in [2.05, 4.69) is 15.3 Å². The van der Waals surface area contributed by atoms with Gasteiger partial charge >= 0.3 is 0 Å². The first-order chi connectivity index (χ1) is 10.2. The van der Waals surface area contributed by atoms with E-state index in [9.17, 15) is 4.39 Å². The van der Waals surface area contributed by atoms with E-state index in [4.69, 9.17) is 9.84 Å². The third kappa shape index (κ3) is 4.39. The fourth-order valence-electron chi connectivity index (χ4n) is 1.71. The molecule has 2 aromatic rings. The summed E-state index contributed by atoms with van der Waals surface area (Å²) in [6.45, 7) is 2.82. The molecule has 21 heavy (non-hydrogen) atoms. The minimum Gasteiger partial charge on any atom is -0.436 e. The molecule has 6 heteroatoms. The molecule has 0 fully saturated rings. The predicted octanol–water partition coefficient (Wildman–Crippen LogP) is 2.76. The highest BCUT2D eigenvalue weighted by molar-refractivity contribution is 5.33. The third-order valence-electron chi connectivity index (χ3n) is 2.78. The summed E-state index contributed by atoms with van der Waals surface area (Å²) >= 11 is 0. The van der Waals surface area contributed by atoms with Gasteiger partial charge in [0.25, 0.3) is 5.88 Å². The Labute approximate surface area is 122 Å². The maximum Gasteiger partial charge on any atom is 0.260 e. The van der Waals surface area contributed by atoms with Gasteiger partial charge in [-0.15, -0.1) is 0 Å². The van der Waals surface area contributed by atoms with Gasteiger partial charge in [-0.3, -0.25) is 0 Å². The number of ether oxygens (including phenoxy) is 1.